The van der Waals surface area contributed by atoms with Crippen LogP contribution >= 0.6 is 22.6 Å². The van der Waals surface area contributed by atoms with Gasteiger partial charge in [0.15, 0.2) is 11.6 Å². The van der Waals surface area contributed by atoms with Crippen molar-refractivity contribution in [2.75, 3.05) is 57.0 Å². The first-order valence-corrected chi connectivity index (χ1v) is 23.3. The molecule has 2 atom stereocenters. The highest BCUT2D eigenvalue weighted by Crippen LogP contribution is 2.35. The molecular weight excluding hydrogens is 951 g/mol. The molecule has 4 amide bonds. The number of carbonyl (C=O) groups excluding carboxylic acids is 6. The van der Waals surface area contributed by atoms with Crippen molar-refractivity contribution in [1.82, 2.24) is 31.9 Å². The van der Waals surface area contributed by atoms with E-state index in [1.807, 2.05) is 0 Å². The van der Waals surface area contributed by atoms with E-state index in [1.165, 1.54) is 0 Å². The van der Waals surface area contributed by atoms with E-state index in [0.29, 0.717) is 38.8 Å². The van der Waals surface area contributed by atoms with E-state index in [-0.39, 0.29) is 88.7 Å². The molecule has 366 valence electrons. The van der Waals surface area contributed by atoms with E-state index < -0.39 is 81.8 Å². The summed E-state index contributed by atoms with van der Waals surface area (Å²) >= 11 is 2.14. The van der Waals surface area contributed by atoms with Crippen LogP contribution in [0.4, 0.5) is 0 Å². The van der Waals surface area contributed by atoms with Crippen molar-refractivity contribution in [2.24, 2.45) is 22.7 Å². The number of nitrogens with one attached hydrogen (secondary N) is 6. The molecule has 0 aromatic carbocycles. The Kier molecular flexibility index (Phi) is 25.1. The highest BCUT2D eigenvalue weighted by Gasteiger charge is 2.40. The second-order valence-electron chi connectivity index (χ2n) is 18.7. The van der Waals surface area contributed by atoms with Crippen molar-refractivity contribution < 1.29 is 67.9 Å². The molecule has 0 heterocycles. The number of alkyl halides is 1. The minimum absolute atomic E-state index is 0.0122. The number of carboxylic acids is 3. The Hall–Kier alpha value is -3.80. The number of Topliss-reactive ketones (excluding diaryl/α,β-unsaturated/α-hetero) is 2. The van der Waals surface area contributed by atoms with Gasteiger partial charge in [-0.3, -0.25) is 43.7 Å². The SMILES string of the molecule is CC(C)(CC(C)(C)C(=O)NCC1CCC(C(=O)NC(CCC(=O)NC(CCC(=O)O)C(=O)C(C)(C)NCCOCCOCC(=O)C(C)(C)NCC(=O)NCCI)C(=O)O)CC1)C(=O)O. The molecule has 0 aliphatic heterocycles. The molecule has 0 radical (unpaired) electrons. The summed E-state index contributed by atoms with van der Waals surface area (Å²) in [6.07, 6.45) is 0.943. The van der Waals surface area contributed by atoms with E-state index >= 15 is 0 Å². The lowest BCUT2D eigenvalue weighted by molar-refractivity contribution is -0.150. The molecule has 0 saturated heterocycles. The molecule has 2 unspecified atom stereocenters. The largest absolute Gasteiger partial charge is 0.481 e. The van der Waals surface area contributed by atoms with Crippen LogP contribution in [0.1, 0.15) is 113 Å². The maximum absolute atomic E-state index is 13.6. The molecule has 0 aromatic rings. The number of hydrogen-bond donors (Lipinski definition) is 9. The van der Waals surface area contributed by atoms with Crippen molar-refractivity contribution in [3.8, 4) is 0 Å². The Morgan fingerprint density at radius 3 is 1.86 bits per heavy atom. The van der Waals surface area contributed by atoms with Gasteiger partial charge in [0.25, 0.3) is 0 Å². The molecule has 20 nitrogen and oxygen atoms in total. The number of carboxylic acid groups (broad SMARTS) is 3. The van der Waals surface area contributed by atoms with Gasteiger partial charge in [0.05, 0.1) is 48.9 Å². The topological polar surface area (TPSA) is 305 Å². The average molecular weight is 1020 g/mol. The van der Waals surface area contributed by atoms with Crippen LogP contribution in [0.5, 0.6) is 0 Å². The van der Waals surface area contributed by atoms with Crippen LogP contribution in [0.2, 0.25) is 0 Å². The van der Waals surface area contributed by atoms with Gasteiger partial charge in [-0.1, -0.05) is 36.4 Å². The maximum Gasteiger partial charge on any atom is 0.326 e. The summed E-state index contributed by atoms with van der Waals surface area (Å²) in [5.41, 5.74) is -4.23. The van der Waals surface area contributed by atoms with Gasteiger partial charge >= 0.3 is 17.9 Å². The first kappa shape index (κ1) is 58.2. The van der Waals surface area contributed by atoms with Crippen LogP contribution in [-0.2, 0) is 52.6 Å². The Morgan fingerprint density at radius 2 is 1.28 bits per heavy atom. The van der Waals surface area contributed by atoms with Crippen LogP contribution in [0.15, 0.2) is 0 Å². The fraction of sp³-hybridized carbons (Fsp3) is 0.791. The van der Waals surface area contributed by atoms with Gasteiger partial charge in [-0.15, -0.1) is 0 Å². The summed E-state index contributed by atoms with van der Waals surface area (Å²) in [4.78, 5) is 112. The smallest absolute Gasteiger partial charge is 0.326 e. The molecular formula is C43H73IN6O14. The normalized spacial score (nSPS) is 16.8. The molecule has 64 heavy (non-hydrogen) atoms. The lowest BCUT2D eigenvalue weighted by atomic mass is 9.74. The van der Waals surface area contributed by atoms with E-state index in [0.717, 1.165) is 4.43 Å². The zero-order valence-electron chi connectivity index (χ0n) is 38.7. The van der Waals surface area contributed by atoms with Crippen LogP contribution in [0, 0.1) is 22.7 Å². The molecule has 0 bridgehead atoms. The van der Waals surface area contributed by atoms with Crippen LogP contribution in [0.25, 0.3) is 0 Å². The summed E-state index contributed by atoms with van der Waals surface area (Å²) in [5, 5.41) is 45.3. The molecule has 21 heteroatoms. The van der Waals surface area contributed by atoms with Crippen molar-refractivity contribution in [3.63, 3.8) is 0 Å². The third kappa shape index (κ3) is 21.9. The van der Waals surface area contributed by atoms with Gasteiger partial charge in [-0.25, -0.2) is 4.79 Å². The summed E-state index contributed by atoms with van der Waals surface area (Å²) in [7, 11) is 0. The standard InChI is InChI=1S/C43H73IN6O14/c1-40(2,26-41(3,4)39(61)62)38(60)46-23-27-9-11-28(12-10-27)36(57)50-30(37(58)59)13-15-32(52)49-29(14-16-34(54)55)35(56)43(7,8)47-19-20-63-21-22-64-25-31(51)42(5,6)48-24-33(53)45-18-17-44/h27-30,47-48H,9-26H2,1-8H3,(H,45,53)(H,46,60)(H,49,52)(H,50,57)(H,54,55)(H,58,59)(H,61,62). The van der Waals surface area contributed by atoms with Gasteiger partial charge < -0.3 is 51.4 Å². The van der Waals surface area contributed by atoms with Gasteiger partial charge in [-0.2, -0.15) is 0 Å². The molecule has 1 rings (SSSR count). The van der Waals surface area contributed by atoms with E-state index in [1.54, 1.807) is 55.4 Å². The van der Waals surface area contributed by atoms with E-state index in [2.05, 4.69) is 54.5 Å². The van der Waals surface area contributed by atoms with Crippen LogP contribution in [-0.4, -0.2) is 149 Å². The lowest BCUT2D eigenvalue weighted by Gasteiger charge is -2.33. The third-order valence-electron chi connectivity index (χ3n) is 11.3. The monoisotopic (exact) mass is 1020 g/mol. The molecule has 0 aromatic heterocycles. The molecule has 9 N–H and O–H groups in total. The Morgan fingerprint density at radius 1 is 0.672 bits per heavy atom. The van der Waals surface area contributed by atoms with E-state index in [4.69, 9.17) is 9.47 Å². The summed E-state index contributed by atoms with van der Waals surface area (Å²) in [6, 6.07) is -2.62. The third-order valence-corrected chi connectivity index (χ3v) is 11.8. The Bertz CT molecular complexity index is 1610. The summed E-state index contributed by atoms with van der Waals surface area (Å²) in [6.45, 7) is 14.3. The first-order chi connectivity index (χ1) is 29.6. The minimum Gasteiger partial charge on any atom is -0.481 e. The average Bonchev–Trinajstić information content (AvgIpc) is 3.21. The molecule has 1 aliphatic carbocycles. The number of hydrogen-bond acceptors (Lipinski definition) is 13. The number of ketones is 2. The zero-order chi connectivity index (χ0) is 48.9. The number of ether oxygens (including phenoxy) is 2. The Labute approximate surface area is 390 Å². The van der Waals surface area contributed by atoms with E-state index in [9.17, 15) is 58.5 Å². The second-order valence-corrected chi connectivity index (χ2v) is 19.8. The number of carbonyl (C=O) groups is 9. The van der Waals surface area contributed by atoms with Crippen molar-refractivity contribution in [2.45, 2.75) is 136 Å². The quantitative estimate of drug-likeness (QED) is 0.0256. The zero-order valence-corrected chi connectivity index (χ0v) is 40.9. The number of amides is 4. The second kappa shape index (κ2) is 27.6. The van der Waals surface area contributed by atoms with Gasteiger partial charge in [0.1, 0.15) is 12.6 Å². The lowest BCUT2D eigenvalue weighted by Crippen LogP contribution is -2.56. The summed E-state index contributed by atoms with van der Waals surface area (Å²) < 4.78 is 11.8. The van der Waals surface area contributed by atoms with Gasteiger partial charge in [-0.05, 0) is 92.4 Å². The van der Waals surface area contributed by atoms with Crippen molar-refractivity contribution >= 4 is 75.7 Å². The van der Waals surface area contributed by atoms with Crippen LogP contribution < -0.4 is 31.9 Å². The molecule has 1 aliphatic rings. The van der Waals surface area contributed by atoms with Gasteiger partial charge in [0, 0.05) is 48.2 Å². The predicted molar refractivity (Wildman–Crippen MR) is 244 cm³/mol. The van der Waals surface area contributed by atoms with Crippen LogP contribution in [0.3, 0.4) is 0 Å². The minimum atomic E-state index is -1.40. The maximum atomic E-state index is 13.6. The summed E-state index contributed by atoms with van der Waals surface area (Å²) in [5.74, 6) is -6.32. The number of aliphatic carboxylic acids is 3. The fourth-order valence-corrected chi connectivity index (χ4v) is 7.43. The van der Waals surface area contributed by atoms with Crippen molar-refractivity contribution in [3.05, 3.63) is 0 Å². The highest BCUT2D eigenvalue weighted by molar-refractivity contribution is 14.1. The molecule has 0 spiro atoms. The molecule has 1 saturated carbocycles. The first-order valence-electron chi connectivity index (χ1n) is 21.8. The Balaban J connectivity index is 2.59. The predicted octanol–water partition coefficient (Wildman–Crippen LogP) is 1.59. The van der Waals surface area contributed by atoms with Crippen molar-refractivity contribution in [1.29, 1.82) is 0 Å². The number of rotatable bonds is 33. The number of halogens is 1. The van der Waals surface area contributed by atoms with Gasteiger partial charge in [0.2, 0.25) is 23.6 Å². The fourth-order valence-electron chi connectivity index (χ4n) is 7.16. The molecule has 1 fully saturated rings. The highest BCUT2D eigenvalue weighted by atomic mass is 127.